The number of carbonyl (C=O) groups excluding carboxylic acids is 3. The summed E-state index contributed by atoms with van der Waals surface area (Å²) in [6.07, 6.45) is 0.493. The van der Waals surface area contributed by atoms with Crippen LogP contribution in [0.15, 0.2) is 30.5 Å². The van der Waals surface area contributed by atoms with E-state index in [1.807, 2.05) is 5.32 Å². The number of aromatic amines is 1. The monoisotopic (exact) mass is 315 g/mol. The predicted molar refractivity (Wildman–Crippen MR) is 78.6 cm³/mol. The van der Waals surface area contributed by atoms with Gasteiger partial charge in [0.05, 0.1) is 12.4 Å². The zero-order chi connectivity index (χ0) is 16.4. The van der Waals surface area contributed by atoms with E-state index in [4.69, 9.17) is 5.73 Å². The third-order valence-electron chi connectivity index (χ3n) is 3.32. The molecule has 0 aliphatic carbocycles. The smallest absolute Gasteiger partial charge is 0.322 e. The number of H-pyrrole nitrogens is 1. The van der Waals surface area contributed by atoms with Crippen LogP contribution >= 0.6 is 0 Å². The van der Waals surface area contributed by atoms with Gasteiger partial charge in [-0.3, -0.25) is 14.9 Å². The molecule has 1 aliphatic heterocycles. The number of rotatable bonds is 3. The summed E-state index contributed by atoms with van der Waals surface area (Å²) in [7, 11) is 0. The van der Waals surface area contributed by atoms with Crippen molar-refractivity contribution >= 4 is 23.5 Å². The summed E-state index contributed by atoms with van der Waals surface area (Å²) in [6.45, 7) is 0. The van der Waals surface area contributed by atoms with Gasteiger partial charge < -0.3 is 16.4 Å². The van der Waals surface area contributed by atoms with Gasteiger partial charge in [-0.15, -0.1) is 0 Å². The maximum absolute atomic E-state index is 12.2. The van der Waals surface area contributed by atoms with E-state index in [2.05, 4.69) is 26.0 Å². The fourth-order valence-corrected chi connectivity index (χ4v) is 2.19. The van der Waals surface area contributed by atoms with Gasteiger partial charge in [0.15, 0.2) is 5.92 Å². The second kappa shape index (κ2) is 5.85. The molecule has 6 N–H and O–H groups in total. The Labute approximate surface area is 129 Å². The number of nitrogens with two attached hydrogens (primary N) is 1. The van der Waals surface area contributed by atoms with Crippen molar-refractivity contribution in [2.75, 3.05) is 5.32 Å². The molecule has 118 valence electrons. The van der Waals surface area contributed by atoms with Crippen molar-refractivity contribution in [2.24, 2.45) is 11.7 Å². The number of aromatic nitrogens is 3. The Bertz CT molecular complexity index is 741. The first kappa shape index (κ1) is 14.7. The summed E-state index contributed by atoms with van der Waals surface area (Å²) in [5, 5.41) is 17.0. The molecule has 1 fully saturated rings. The van der Waals surface area contributed by atoms with Crippen LogP contribution in [0.25, 0.3) is 11.3 Å². The maximum atomic E-state index is 12.2. The number of urea groups is 1. The van der Waals surface area contributed by atoms with Crippen molar-refractivity contribution in [3.63, 3.8) is 0 Å². The molecule has 2 unspecified atom stereocenters. The second-order valence-corrected chi connectivity index (χ2v) is 4.89. The van der Waals surface area contributed by atoms with Crippen LogP contribution in [0.4, 0.5) is 10.5 Å². The first-order valence-corrected chi connectivity index (χ1v) is 6.68. The highest BCUT2D eigenvalue weighted by atomic mass is 16.2. The van der Waals surface area contributed by atoms with Gasteiger partial charge >= 0.3 is 6.03 Å². The lowest BCUT2D eigenvalue weighted by Crippen LogP contribution is -2.64. The van der Waals surface area contributed by atoms with E-state index in [-0.39, 0.29) is 0 Å². The molecular formula is C13H13N7O3. The molecule has 23 heavy (non-hydrogen) atoms. The Morgan fingerprint density at radius 1 is 1.22 bits per heavy atom. The van der Waals surface area contributed by atoms with Gasteiger partial charge in [-0.1, -0.05) is 12.1 Å². The van der Waals surface area contributed by atoms with E-state index < -0.39 is 29.9 Å². The van der Waals surface area contributed by atoms with Crippen LogP contribution in [0.3, 0.4) is 0 Å². The summed E-state index contributed by atoms with van der Waals surface area (Å²) in [4.78, 5) is 35.0. The van der Waals surface area contributed by atoms with E-state index in [1.165, 1.54) is 0 Å². The average Bonchev–Trinajstić information content (AvgIpc) is 3.01. The molecule has 0 radical (unpaired) electrons. The molecule has 2 atom stereocenters. The van der Waals surface area contributed by atoms with Gasteiger partial charge in [0.2, 0.25) is 11.8 Å². The van der Waals surface area contributed by atoms with Gasteiger partial charge in [-0.05, 0) is 12.1 Å². The van der Waals surface area contributed by atoms with E-state index in [1.54, 1.807) is 30.5 Å². The largest absolute Gasteiger partial charge is 0.325 e. The lowest BCUT2D eigenvalue weighted by Gasteiger charge is -2.27. The summed E-state index contributed by atoms with van der Waals surface area (Å²) in [5.74, 6) is -2.55. The van der Waals surface area contributed by atoms with Gasteiger partial charge in [0.25, 0.3) is 0 Å². The highest BCUT2D eigenvalue weighted by molar-refractivity contribution is 6.12. The molecule has 1 aromatic heterocycles. The standard InChI is InChI=1S/C13H13N7O3/c14-10-9(12(22)18-13(23)17-10)11(21)16-7-3-1-6(2-4-7)8-5-15-20-19-8/h1-5,9-10H,14H2,(H,16,21)(H,15,19,20)(H2,17,18,22,23). The van der Waals surface area contributed by atoms with Gasteiger partial charge in [0.1, 0.15) is 5.69 Å². The van der Waals surface area contributed by atoms with Crippen LogP contribution < -0.4 is 21.7 Å². The van der Waals surface area contributed by atoms with Crippen molar-refractivity contribution in [3.8, 4) is 11.3 Å². The zero-order valence-corrected chi connectivity index (χ0v) is 11.7. The van der Waals surface area contributed by atoms with E-state index >= 15 is 0 Å². The Kier molecular flexibility index (Phi) is 3.73. The summed E-state index contributed by atoms with van der Waals surface area (Å²) in [5.41, 5.74) is 7.60. The molecule has 0 spiro atoms. The Morgan fingerprint density at radius 3 is 2.57 bits per heavy atom. The topological polar surface area (TPSA) is 155 Å². The first-order chi connectivity index (χ1) is 11.0. The maximum Gasteiger partial charge on any atom is 0.322 e. The van der Waals surface area contributed by atoms with Crippen LogP contribution in [0.1, 0.15) is 0 Å². The molecule has 4 amide bonds. The minimum Gasteiger partial charge on any atom is -0.325 e. The van der Waals surface area contributed by atoms with Crippen molar-refractivity contribution < 1.29 is 14.4 Å². The Hall–Kier alpha value is -3.27. The SMILES string of the molecule is NC1NC(=O)NC(=O)C1C(=O)Nc1ccc(-c2cn[nH]n2)cc1. The number of carbonyl (C=O) groups is 3. The average molecular weight is 315 g/mol. The number of nitrogens with zero attached hydrogens (tertiary/aromatic N) is 2. The Balaban J connectivity index is 1.70. The lowest BCUT2D eigenvalue weighted by molar-refractivity contribution is -0.133. The normalized spacial score (nSPS) is 20.6. The highest BCUT2D eigenvalue weighted by Gasteiger charge is 2.38. The summed E-state index contributed by atoms with van der Waals surface area (Å²) >= 11 is 0. The summed E-state index contributed by atoms with van der Waals surface area (Å²) < 4.78 is 0. The van der Waals surface area contributed by atoms with Crippen LogP contribution in [-0.4, -0.2) is 39.4 Å². The van der Waals surface area contributed by atoms with Crippen LogP contribution in [0.2, 0.25) is 0 Å². The highest BCUT2D eigenvalue weighted by Crippen LogP contribution is 2.19. The molecule has 10 heteroatoms. The van der Waals surface area contributed by atoms with Crippen molar-refractivity contribution in [1.82, 2.24) is 26.0 Å². The number of imide groups is 1. The van der Waals surface area contributed by atoms with E-state index in [0.29, 0.717) is 11.4 Å². The second-order valence-electron chi connectivity index (χ2n) is 4.89. The van der Waals surface area contributed by atoms with Crippen LogP contribution in [0, 0.1) is 5.92 Å². The summed E-state index contributed by atoms with van der Waals surface area (Å²) in [6, 6.07) is 6.09. The minimum atomic E-state index is -1.21. The van der Waals surface area contributed by atoms with Crippen molar-refractivity contribution in [2.45, 2.75) is 6.17 Å². The number of hydrogen-bond donors (Lipinski definition) is 5. The number of amides is 4. The van der Waals surface area contributed by atoms with Gasteiger partial charge in [0, 0.05) is 11.3 Å². The van der Waals surface area contributed by atoms with E-state index in [9.17, 15) is 14.4 Å². The number of benzene rings is 1. The fourth-order valence-electron chi connectivity index (χ4n) is 2.19. The van der Waals surface area contributed by atoms with Gasteiger partial charge in [-0.2, -0.15) is 15.4 Å². The van der Waals surface area contributed by atoms with Crippen LogP contribution in [-0.2, 0) is 9.59 Å². The molecule has 3 rings (SSSR count). The predicted octanol–water partition coefficient (Wildman–Crippen LogP) is -0.849. The zero-order valence-electron chi connectivity index (χ0n) is 11.7. The lowest BCUT2D eigenvalue weighted by atomic mass is 10.0. The number of hydrogen-bond acceptors (Lipinski definition) is 6. The third kappa shape index (κ3) is 3.01. The van der Waals surface area contributed by atoms with Crippen LogP contribution in [0.5, 0.6) is 0 Å². The van der Waals surface area contributed by atoms with E-state index in [0.717, 1.165) is 5.56 Å². The molecule has 1 saturated heterocycles. The molecule has 2 aromatic rings. The molecule has 0 saturated carbocycles. The third-order valence-corrected chi connectivity index (χ3v) is 3.32. The number of anilines is 1. The minimum absolute atomic E-state index is 0.485. The molecule has 1 aliphatic rings. The number of nitrogens with one attached hydrogen (secondary N) is 4. The molecule has 0 bridgehead atoms. The first-order valence-electron chi connectivity index (χ1n) is 6.68. The molecule has 10 nitrogen and oxygen atoms in total. The van der Waals surface area contributed by atoms with Gasteiger partial charge in [-0.25, -0.2) is 4.79 Å². The van der Waals surface area contributed by atoms with Crippen molar-refractivity contribution in [3.05, 3.63) is 30.5 Å². The molecule has 2 heterocycles. The van der Waals surface area contributed by atoms with Crippen molar-refractivity contribution in [1.29, 1.82) is 0 Å². The molecule has 1 aromatic carbocycles. The quantitative estimate of drug-likeness (QED) is 0.465. The molecular weight excluding hydrogens is 302 g/mol. The Morgan fingerprint density at radius 2 is 1.96 bits per heavy atom. The fraction of sp³-hybridized carbons (Fsp3) is 0.154.